The first-order chi connectivity index (χ1) is 8.63. The van der Waals surface area contributed by atoms with Gasteiger partial charge in [-0.05, 0) is 17.7 Å². The van der Waals surface area contributed by atoms with Gasteiger partial charge in [0.2, 0.25) is 0 Å². The Morgan fingerprint density at radius 1 is 1.17 bits per heavy atom. The molecule has 90 valence electrons. The summed E-state index contributed by atoms with van der Waals surface area (Å²) in [5.41, 5.74) is 1.51. The van der Waals surface area contributed by atoms with Gasteiger partial charge in [-0.15, -0.1) is 0 Å². The summed E-state index contributed by atoms with van der Waals surface area (Å²) in [6.45, 7) is 0. The van der Waals surface area contributed by atoms with Crippen molar-refractivity contribution in [2.24, 2.45) is 0 Å². The second kappa shape index (κ2) is 4.10. The molecule has 2 aromatic heterocycles. The molecule has 0 atom stereocenters. The van der Waals surface area contributed by atoms with Crippen molar-refractivity contribution in [3.05, 3.63) is 63.4 Å². The summed E-state index contributed by atoms with van der Waals surface area (Å²) < 4.78 is 15.6. The van der Waals surface area contributed by atoms with E-state index in [0.29, 0.717) is 11.2 Å². The van der Waals surface area contributed by atoms with E-state index in [0.717, 1.165) is 10.0 Å². The van der Waals surface area contributed by atoms with Gasteiger partial charge in [0.05, 0.1) is 5.69 Å². The molecule has 0 bridgehead atoms. The van der Waals surface area contributed by atoms with Crippen LogP contribution in [0.2, 0.25) is 0 Å². The molecular weight excluding hydrogens is 299 g/mol. The van der Waals surface area contributed by atoms with Crippen LogP contribution in [-0.4, -0.2) is 9.38 Å². The summed E-state index contributed by atoms with van der Waals surface area (Å²) in [6, 6.07) is 8.73. The van der Waals surface area contributed by atoms with Crippen LogP contribution in [-0.2, 0) is 0 Å². The van der Waals surface area contributed by atoms with E-state index in [-0.39, 0.29) is 5.56 Å². The molecule has 0 radical (unpaired) electrons. The van der Waals surface area contributed by atoms with Gasteiger partial charge in [0.1, 0.15) is 11.3 Å². The van der Waals surface area contributed by atoms with E-state index in [2.05, 4.69) is 20.9 Å². The lowest BCUT2D eigenvalue weighted by molar-refractivity contribution is 0.628. The molecule has 1 N–H and O–H groups in total. The van der Waals surface area contributed by atoms with E-state index in [1.165, 1.54) is 16.7 Å². The van der Waals surface area contributed by atoms with E-state index in [1.807, 2.05) is 24.3 Å². The lowest BCUT2D eigenvalue weighted by Gasteiger charge is -2.03. The smallest absolute Gasteiger partial charge is 0.272 e. The number of aromatic amines is 1. The SMILES string of the molecule is O=c1[nH]c(-c2ccc(Br)cc2)cn2cc(F)cc12. The molecule has 5 heteroatoms. The summed E-state index contributed by atoms with van der Waals surface area (Å²) in [5.74, 6) is -0.423. The van der Waals surface area contributed by atoms with Crippen molar-refractivity contribution in [3.8, 4) is 11.3 Å². The molecule has 2 heterocycles. The standard InChI is InChI=1S/C13H8BrFN2O/c14-9-3-1-8(2-4-9)11-7-17-6-10(15)5-12(17)13(18)16-11/h1-7H,(H,16,18). The number of nitrogens with zero attached hydrogens (tertiary/aromatic N) is 1. The zero-order chi connectivity index (χ0) is 12.7. The monoisotopic (exact) mass is 306 g/mol. The highest BCUT2D eigenvalue weighted by Crippen LogP contribution is 2.19. The summed E-state index contributed by atoms with van der Waals surface area (Å²) in [6.07, 6.45) is 2.98. The number of rotatable bonds is 1. The van der Waals surface area contributed by atoms with Gasteiger partial charge < -0.3 is 9.38 Å². The molecule has 0 saturated carbocycles. The average Bonchev–Trinajstić information content (AvgIpc) is 2.71. The molecule has 0 saturated heterocycles. The summed E-state index contributed by atoms with van der Waals surface area (Å²) in [4.78, 5) is 14.5. The van der Waals surface area contributed by atoms with Crippen LogP contribution in [0.3, 0.4) is 0 Å². The third kappa shape index (κ3) is 1.86. The molecule has 0 aliphatic heterocycles. The van der Waals surface area contributed by atoms with E-state index in [9.17, 15) is 9.18 Å². The zero-order valence-corrected chi connectivity index (χ0v) is 10.7. The van der Waals surface area contributed by atoms with Crippen LogP contribution in [0, 0.1) is 5.82 Å². The van der Waals surface area contributed by atoms with Crippen LogP contribution in [0.1, 0.15) is 0 Å². The summed E-state index contributed by atoms with van der Waals surface area (Å²) in [5, 5.41) is 0. The van der Waals surface area contributed by atoms with Crippen LogP contribution in [0.25, 0.3) is 16.8 Å². The number of halogens is 2. The van der Waals surface area contributed by atoms with Gasteiger partial charge in [-0.25, -0.2) is 4.39 Å². The largest absolute Gasteiger partial charge is 0.319 e. The molecule has 1 aromatic carbocycles. The van der Waals surface area contributed by atoms with Crippen LogP contribution in [0.4, 0.5) is 4.39 Å². The number of benzene rings is 1. The molecule has 0 unspecified atom stereocenters. The average molecular weight is 307 g/mol. The fourth-order valence-corrected chi connectivity index (χ4v) is 2.13. The molecule has 0 amide bonds. The Hall–Kier alpha value is -1.88. The molecule has 0 fully saturated rings. The van der Waals surface area contributed by atoms with Crippen molar-refractivity contribution >= 4 is 21.4 Å². The molecule has 0 aliphatic rings. The quantitative estimate of drug-likeness (QED) is 0.736. The molecule has 3 rings (SSSR count). The van der Waals surface area contributed by atoms with Gasteiger partial charge in [0.15, 0.2) is 0 Å². The molecule has 0 aliphatic carbocycles. The summed E-state index contributed by atoms with van der Waals surface area (Å²) in [7, 11) is 0. The molecule has 3 aromatic rings. The van der Waals surface area contributed by atoms with Crippen molar-refractivity contribution < 1.29 is 4.39 Å². The number of hydrogen-bond acceptors (Lipinski definition) is 1. The van der Waals surface area contributed by atoms with Gasteiger partial charge in [0.25, 0.3) is 5.56 Å². The second-order valence-electron chi connectivity index (χ2n) is 3.95. The van der Waals surface area contributed by atoms with Crippen molar-refractivity contribution in [1.29, 1.82) is 0 Å². The van der Waals surface area contributed by atoms with Gasteiger partial charge in [-0.3, -0.25) is 4.79 Å². The minimum absolute atomic E-state index is 0.299. The Morgan fingerprint density at radius 2 is 1.89 bits per heavy atom. The van der Waals surface area contributed by atoms with Crippen LogP contribution < -0.4 is 5.56 Å². The Morgan fingerprint density at radius 3 is 2.61 bits per heavy atom. The Kier molecular flexibility index (Phi) is 2.56. The predicted octanol–water partition coefficient (Wildman–Crippen LogP) is 3.20. The summed E-state index contributed by atoms with van der Waals surface area (Å²) >= 11 is 3.35. The highest BCUT2D eigenvalue weighted by Gasteiger charge is 2.06. The zero-order valence-electron chi connectivity index (χ0n) is 9.15. The topological polar surface area (TPSA) is 37.3 Å². The third-order valence-corrected chi connectivity index (χ3v) is 3.25. The lowest BCUT2D eigenvalue weighted by Crippen LogP contribution is -2.09. The van der Waals surface area contributed by atoms with E-state index >= 15 is 0 Å². The fraction of sp³-hybridized carbons (Fsp3) is 0. The van der Waals surface area contributed by atoms with Crippen molar-refractivity contribution in [1.82, 2.24) is 9.38 Å². The number of nitrogens with one attached hydrogen (secondary N) is 1. The molecule has 18 heavy (non-hydrogen) atoms. The van der Waals surface area contributed by atoms with Crippen molar-refractivity contribution in [3.63, 3.8) is 0 Å². The Balaban J connectivity index is 2.24. The van der Waals surface area contributed by atoms with Crippen molar-refractivity contribution in [2.45, 2.75) is 0 Å². The highest BCUT2D eigenvalue weighted by atomic mass is 79.9. The maximum Gasteiger partial charge on any atom is 0.272 e. The lowest BCUT2D eigenvalue weighted by atomic mass is 10.2. The normalized spacial score (nSPS) is 11.0. The van der Waals surface area contributed by atoms with E-state index in [1.54, 1.807) is 6.20 Å². The molecule has 0 spiro atoms. The number of H-pyrrole nitrogens is 1. The molecular formula is C13H8BrFN2O. The fourth-order valence-electron chi connectivity index (χ4n) is 1.87. The van der Waals surface area contributed by atoms with E-state index in [4.69, 9.17) is 0 Å². The van der Waals surface area contributed by atoms with Crippen LogP contribution in [0.5, 0.6) is 0 Å². The second-order valence-corrected chi connectivity index (χ2v) is 4.87. The first kappa shape index (κ1) is 11.2. The first-order valence-electron chi connectivity index (χ1n) is 5.30. The van der Waals surface area contributed by atoms with Gasteiger partial charge in [0, 0.05) is 22.9 Å². The minimum Gasteiger partial charge on any atom is -0.319 e. The maximum atomic E-state index is 13.1. The van der Waals surface area contributed by atoms with Crippen LogP contribution in [0.15, 0.2) is 52.0 Å². The Labute approximate surface area is 110 Å². The first-order valence-corrected chi connectivity index (χ1v) is 6.09. The third-order valence-electron chi connectivity index (χ3n) is 2.72. The van der Waals surface area contributed by atoms with E-state index < -0.39 is 5.82 Å². The maximum absolute atomic E-state index is 13.1. The van der Waals surface area contributed by atoms with Crippen LogP contribution >= 0.6 is 15.9 Å². The minimum atomic E-state index is -0.423. The number of hydrogen-bond donors (Lipinski definition) is 1. The number of fused-ring (bicyclic) bond motifs is 1. The highest BCUT2D eigenvalue weighted by molar-refractivity contribution is 9.10. The Bertz CT molecular complexity index is 774. The van der Waals surface area contributed by atoms with Crippen molar-refractivity contribution in [2.75, 3.05) is 0 Å². The number of aromatic nitrogens is 2. The van der Waals surface area contributed by atoms with Gasteiger partial charge >= 0.3 is 0 Å². The predicted molar refractivity (Wildman–Crippen MR) is 71.1 cm³/mol. The van der Waals surface area contributed by atoms with Gasteiger partial charge in [-0.1, -0.05) is 28.1 Å². The van der Waals surface area contributed by atoms with Gasteiger partial charge in [-0.2, -0.15) is 0 Å². The molecule has 3 nitrogen and oxygen atoms in total.